The van der Waals surface area contributed by atoms with E-state index in [0.717, 1.165) is 6.92 Å². The molecule has 1 aromatic rings. The van der Waals surface area contributed by atoms with E-state index in [9.17, 15) is 37.4 Å². The van der Waals surface area contributed by atoms with Gasteiger partial charge in [0, 0.05) is 17.5 Å². The molecule has 0 aromatic heterocycles. The summed E-state index contributed by atoms with van der Waals surface area (Å²) >= 11 is 5.78. The number of aliphatic carboxylic acids is 2. The number of piperidine rings is 1. The monoisotopic (exact) mass is 502 g/mol. The van der Waals surface area contributed by atoms with Gasteiger partial charge in [0.15, 0.2) is 0 Å². The van der Waals surface area contributed by atoms with Crippen LogP contribution < -0.4 is 11.2 Å². The topological polar surface area (TPSA) is 122 Å². The van der Waals surface area contributed by atoms with Crippen LogP contribution in [0.2, 0.25) is 5.02 Å². The fourth-order valence-electron chi connectivity index (χ4n) is 5.08. The number of hydrogen-bond donors (Lipinski definition) is 4. The lowest BCUT2D eigenvalue weighted by Crippen LogP contribution is -2.72. The minimum atomic E-state index is -5.28. The number of alkyl halides is 4. The van der Waals surface area contributed by atoms with Crippen molar-refractivity contribution < 1.29 is 46.6 Å². The molecule has 1 aromatic carbocycles. The van der Waals surface area contributed by atoms with Crippen molar-refractivity contribution in [3.05, 3.63) is 34.1 Å². The summed E-state index contributed by atoms with van der Waals surface area (Å²) in [7, 11) is 0. The normalized spacial score (nSPS) is 30.3. The van der Waals surface area contributed by atoms with Gasteiger partial charge in [-0.3, -0.25) is 9.59 Å². The van der Waals surface area contributed by atoms with E-state index >= 15 is 4.39 Å². The Kier molecular flexibility index (Phi) is 7.99. The van der Waals surface area contributed by atoms with Crippen molar-refractivity contribution in [2.75, 3.05) is 13.3 Å². The van der Waals surface area contributed by atoms with Crippen LogP contribution in [0.15, 0.2) is 12.1 Å². The number of carboxylic acid groups (broad SMARTS) is 2. The van der Waals surface area contributed by atoms with Gasteiger partial charge in [0.2, 0.25) is 0 Å². The molecule has 5 unspecified atom stereocenters. The van der Waals surface area contributed by atoms with Crippen LogP contribution in [0.5, 0.6) is 0 Å². The molecule has 13 heteroatoms. The van der Waals surface area contributed by atoms with Crippen LogP contribution in [-0.4, -0.2) is 47.5 Å². The van der Waals surface area contributed by atoms with E-state index in [-0.39, 0.29) is 6.42 Å². The maximum absolute atomic E-state index is 15.2. The number of carbonyl (C=O) groups is 2. The third-order valence-corrected chi connectivity index (χ3v) is 6.83. The lowest BCUT2D eigenvalue weighted by atomic mass is 9.50. The average Bonchev–Trinajstić information content (AvgIpc) is 2.70. The number of benzene rings is 1. The molecule has 1 aliphatic rings. The number of rotatable bonds is 8. The van der Waals surface area contributed by atoms with Crippen LogP contribution in [0.25, 0.3) is 0 Å². The molecule has 5 N–H and O–H groups in total. The Balaban J connectivity index is 3.15. The van der Waals surface area contributed by atoms with Crippen LogP contribution >= 0.6 is 11.6 Å². The van der Waals surface area contributed by atoms with Gasteiger partial charge >= 0.3 is 18.1 Å². The number of nitrogens with two attached hydrogens (primary N) is 1. The molecule has 186 valence electrons. The summed E-state index contributed by atoms with van der Waals surface area (Å²) in [4.78, 5) is 29.8. The fourth-order valence-corrected chi connectivity index (χ4v) is 5.35. The van der Waals surface area contributed by atoms with Gasteiger partial charge < -0.3 is 20.4 Å². The highest BCUT2D eigenvalue weighted by atomic mass is 35.5. The van der Waals surface area contributed by atoms with Crippen molar-refractivity contribution in [3.8, 4) is 0 Å². The van der Waals surface area contributed by atoms with E-state index in [0.29, 0.717) is 12.1 Å². The minimum Gasteiger partial charge on any atom is -0.481 e. The summed E-state index contributed by atoms with van der Waals surface area (Å²) in [6.45, 7) is 0.370. The highest BCUT2D eigenvalue weighted by Crippen LogP contribution is 2.60. The predicted octanol–water partition coefficient (Wildman–Crippen LogP) is 3.74. The molecule has 33 heavy (non-hydrogen) atoms. The number of hydrogen-bond acceptors (Lipinski definition) is 5. The largest absolute Gasteiger partial charge is 0.481 e. The van der Waals surface area contributed by atoms with E-state index < -0.39 is 88.6 Å². The Bertz CT molecular complexity index is 918. The summed E-state index contributed by atoms with van der Waals surface area (Å²) in [6.07, 6.45) is -5.63. The maximum atomic E-state index is 15.2. The molecular formula is C20H24ClF5N2O5. The minimum absolute atomic E-state index is 0.0467. The maximum Gasteiger partial charge on any atom is 0.418 e. The average molecular weight is 503 g/mol. The SMILES string of the molecule is CCCC1(C(=O)O)C(CON)NC(CF)C(C)(C(=O)O)C1c1c(F)ccc(Cl)c1C(F)(F)F. The number of nitrogens with one attached hydrogen (secondary N) is 1. The van der Waals surface area contributed by atoms with Gasteiger partial charge in [-0.25, -0.2) is 14.7 Å². The van der Waals surface area contributed by atoms with Crippen LogP contribution in [0.3, 0.4) is 0 Å². The van der Waals surface area contributed by atoms with Crippen LogP contribution in [0.4, 0.5) is 22.0 Å². The molecular weight excluding hydrogens is 479 g/mol. The summed E-state index contributed by atoms with van der Waals surface area (Å²) < 4.78 is 71.6. The van der Waals surface area contributed by atoms with Gasteiger partial charge in [0.25, 0.3) is 0 Å². The van der Waals surface area contributed by atoms with Gasteiger partial charge in [-0.1, -0.05) is 24.9 Å². The third-order valence-electron chi connectivity index (χ3n) is 6.52. The zero-order valence-corrected chi connectivity index (χ0v) is 18.4. The van der Waals surface area contributed by atoms with E-state index in [1.807, 2.05) is 0 Å². The lowest BCUT2D eigenvalue weighted by molar-refractivity contribution is -0.177. The van der Waals surface area contributed by atoms with Crippen molar-refractivity contribution in [1.29, 1.82) is 0 Å². The molecule has 0 saturated carbocycles. The lowest BCUT2D eigenvalue weighted by Gasteiger charge is -2.57. The Morgan fingerprint density at radius 3 is 2.27 bits per heavy atom. The van der Waals surface area contributed by atoms with E-state index in [4.69, 9.17) is 17.5 Å². The van der Waals surface area contributed by atoms with Crippen molar-refractivity contribution in [2.45, 2.75) is 50.9 Å². The first-order valence-electron chi connectivity index (χ1n) is 9.90. The van der Waals surface area contributed by atoms with Crippen molar-refractivity contribution in [3.63, 3.8) is 0 Å². The molecule has 5 atom stereocenters. The molecule has 1 heterocycles. The fraction of sp³-hybridized carbons (Fsp3) is 0.600. The Morgan fingerprint density at radius 1 is 1.24 bits per heavy atom. The molecule has 2 rings (SSSR count). The summed E-state index contributed by atoms with van der Waals surface area (Å²) in [5.74, 6) is -2.15. The predicted molar refractivity (Wildman–Crippen MR) is 107 cm³/mol. The molecule has 0 spiro atoms. The van der Waals surface area contributed by atoms with Crippen molar-refractivity contribution in [2.24, 2.45) is 16.7 Å². The summed E-state index contributed by atoms with van der Waals surface area (Å²) in [6, 6.07) is -1.94. The highest BCUT2D eigenvalue weighted by Gasteiger charge is 2.68. The van der Waals surface area contributed by atoms with Crippen LogP contribution in [-0.2, 0) is 20.6 Å². The van der Waals surface area contributed by atoms with Gasteiger partial charge in [-0.05, 0) is 25.5 Å². The number of carboxylic acids is 2. The van der Waals surface area contributed by atoms with Gasteiger partial charge in [0.1, 0.15) is 12.5 Å². The van der Waals surface area contributed by atoms with Crippen molar-refractivity contribution >= 4 is 23.5 Å². The number of halogens is 6. The first kappa shape index (κ1) is 27.2. The zero-order chi connectivity index (χ0) is 25.4. The summed E-state index contributed by atoms with van der Waals surface area (Å²) in [5, 5.41) is 22.0. The first-order chi connectivity index (χ1) is 15.2. The van der Waals surface area contributed by atoms with Gasteiger partial charge in [-0.15, -0.1) is 0 Å². The molecule has 0 aliphatic carbocycles. The Hall–Kier alpha value is -2.02. The second-order valence-corrected chi connectivity index (χ2v) is 8.60. The standard InChI is InChI=1S/C20H24ClF5N2O5/c1-3-6-19(17(31)32)12(8-33-27)28-11(7-22)18(2,16(29)30)15(19)13-10(23)5-4-9(21)14(13)20(24,25)26/h4-5,11-12,15,28H,3,6-8,27H2,1-2H3,(H,29,30)(H,31,32). The zero-order valence-electron chi connectivity index (χ0n) is 17.7. The molecule has 1 fully saturated rings. The second kappa shape index (κ2) is 9.69. The molecule has 7 nitrogen and oxygen atoms in total. The molecule has 1 saturated heterocycles. The Morgan fingerprint density at radius 2 is 1.85 bits per heavy atom. The highest BCUT2D eigenvalue weighted by molar-refractivity contribution is 6.31. The van der Waals surface area contributed by atoms with Crippen LogP contribution in [0.1, 0.15) is 43.7 Å². The molecule has 0 radical (unpaired) electrons. The molecule has 0 bridgehead atoms. The smallest absolute Gasteiger partial charge is 0.418 e. The molecule has 0 amide bonds. The van der Waals surface area contributed by atoms with Gasteiger partial charge in [0.05, 0.1) is 34.1 Å². The van der Waals surface area contributed by atoms with Crippen LogP contribution in [0, 0.1) is 16.6 Å². The van der Waals surface area contributed by atoms with E-state index in [1.165, 1.54) is 6.92 Å². The molecule has 1 aliphatic heterocycles. The third kappa shape index (κ3) is 4.29. The first-order valence-corrected chi connectivity index (χ1v) is 10.3. The van der Waals surface area contributed by atoms with E-state index in [2.05, 4.69) is 10.2 Å². The van der Waals surface area contributed by atoms with Crippen molar-refractivity contribution in [1.82, 2.24) is 5.32 Å². The quantitative estimate of drug-likeness (QED) is 0.315. The van der Waals surface area contributed by atoms with E-state index in [1.54, 1.807) is 0 Å². The van der Waals surface area contributed by atoms with Gasteiger partial charge in [-0.2, -0.15) is 13.2 Å². The summed E-state index contributed by atoms with van der Waals surface area (Å²) in [5.41, 5.74) is -7.90. The second-order valence-electron chi connectivity index (χ2n) is 8.19. The Labute approximate surface area is 191 Å².